The number of aryl methyl sites for hydroxylation is 1. The van der Waals surface area contributed by atoms with Gasteiger partial charge in [0, 0.05) is 32.7 Å². The third kappa shape index (κ3) is 7.33. The normalized spacial score (nSPS) is 16.5. The summed E-state index contributed by atoms with van der Waals surface area (Å²) in [4.78, 5) is 7.37. The zero-order chi connectivity index (χ0) is 22.1. The van der Waals surface area contributed by atoms with Gasteiger partial charge in [-0.2, -0.15) is 0 Å². The van der Waals surface area contributed by atoms with Gasteiger partial charge >= 0.3 is 0 Å². The van der Waals surface area contributed by atoms with Gasteiger partial charge in [-0.15, -0.1) is 10.2 Å². The summed E-state index contributed by atoms with van der Waals surface area (Å²) in [5, 5.41) is 15.4. The summed E-state index contributed by atoms with van der Waals surface area (Å²) in [6.07, 6.45) is 1.14. The molecule has 1 fully saturated rings. The SMILES string of the molecule is Cc1nnc(CNC(=NCc2ccccc2)NCC(CC(C)C)N2CCOCC2)n1C. The fraction of sp³-hybridized carbons (Fsp3) is 0.609. The van der Waals surface area contributed by atoms with Crippen LogP contribution in [0.4, 0.5) is 0 Å². The van der Waals surface area contributed by atoms with Crippen LogP contribution in [0.15, 0.2) is 35.3 Å². The standard InChI is InChI=1S/C23H37N7O/c1-18(2)14-21(30-10-12-31-13-11-30)16-25-23(24-15-20-8-6-5-7-9-20)26-17-22-28-27-19(3)29(22)4/h5-9,18,21H,10-17H2,1-4H3,(H2,24,25,26). The van der Waals surface area contributed by atoms with E-state index < -0.39 is 0 Å². The maximum Gasteiger partial charge on any atom is 0.192 e. The molecule has 2 N–H and O–H groups in total. The fourth-order valence-electron chi connectivity index (χ4n) is 3.76. The smallest absolute Gasteiger partial charge is 0.192 e. The summed E-state index contributed by atoms with van der Waals surface area (Å²) in [6, 6.07) is 10.8. The molecule has 1 aliphatic rings. The van der Waals surface area contributed by atoms with Gasteiger partial charge in [0.1, 0.15) is 5.82 Å². The number of rotatable bonds is 9. The van der Waals surface area contributed by atoms with Crippen LogP contribution in [-0.4, -0.2) is 64.5 Å². The monoisotopic (exact) mass is 427 g/mol. The van der Waals surface area contributed by atoms with Crippen molar-refractivity contribution in [3.8, 4) is 0 Å². The third-order valence-corrected chi connectivity index (χ3v) is 5.67. The number of guanidine groups is 1. The van der Waals surface area contributed by atoms with Crippen molar-refractivity contribution in [1.82, 2.24) is 30.3 Å². The predicted octanol–water partition coefficient (Wildman–Crippen LogP) is 2.11. The van der Waals surface area contributed by atoms with Gasteiger partial charge in [0.15, 0.2) is 11.8 Å². The van der Waals surface area contributed by atoms with Crippen LogP contribution in [0.25, 0.3) is 0 Å². The number of ether oxygens (including phenoxy) is 1. The molecule has 8 heteroatoms. The van der Waals surface area contributed by atoms with Crippen molar-refractivity contribution in [3.05, 3.63) is 47.5 Å². The van der Waals surface area contributed by atoms with Crippen molar-refractivity contribution in [2.24, 2.45) is 18.0 Å². The first-order valence-electron chi connectivity index (χ1n) is 11.3. The molecule has 1 aromatic heterocycles. The summed E-state index contributed by atoms with van der Waals surface area (Å²) in [5.41, 5.74) is 1.19. The second kappa shape index (κ2) is 11.8. The molecule has 2 aromatic rings. The number of hydrogen-bond acceptors (Lipinski definition) is 5. The first-order chi connectivity index (χ1) is 15.0. The lowest BCUT2D eigenvalue weighted by Crippen LogP contribution is -2.51. The van der Waals surface area contributed by atoms with Crippen molar-refractivity contribution in [1.29, 1.82) is 0 Å². The van der Waals surface area contributed by atoms with E-state index in [1.54, 1.807) is 0 Å². The van der Waals surface area contributed by atoms with Crippen molar-refractivity contribution < 1.29 is 4.74 Å². The first kappa shape index (κ1) is 23.2. The number of aromatic nitrogens is 3. The molecule has 1 saturated heterocycles. The molecule has 1 aliphatic heterocycles. The van der Waals surface area contributed by atoms with Crippen molar-refractivity contribution in [3.63, 3.8) is 0 Å². The fourth-order valence-corrected chi connectivity index (χ4v) is 3.76. The topological polar surface area (TPSA) is 79.6 Å². The summed E-state index contributed by atoms with van der Waals surface area (Å²) in [7, 11) is 1.98. The van der Waals surface area contributed by atoms with Crippen LogP contribution >= 0.6 is 0 Å². The van der Waals surface area contributed by atoms with Crippen LogP contribution in [-0.2, 0) is 24.9 Å². The maximum atomic E-state index is 5.56. The van der Waals surface area contributed by atoms with E-state index in [1.165, 1.54) is 5.56 Å². The quantitative estimate of drug-likeness (QED) is 0.471. The molecule has 1 aromatic carbocycles. The molecule has 31 heavy (non-hydrogen) atoms. The van der Waals surface area contributed by atoms with Crippen LogP contribution in [0.1, 0.15) is 37.5 Å². The largest absolute Gasteiger partial charge is 0.379 e. The number of nitrogens with one attached hydrogen (secondary N) is 2. The minimum Gasteiger partial charge on any atom is -0.379 e. The molecular formula is C23H37N7O. The van der Waals surface area contributed by atoms with Gasteiger partial charge in [0.2, 0.25) is 0 Å². The van der Waals surface area contributed by atoms with Crippen LogP contribution in [0, 0.1) is 12.8 Å². The van der Waals surface area contributed by atoms with Crippen LogP contribution in [0.2, 0.25) is 0 Å². The van der Waals surface area contributed by atoms with E-state index >= 15 is 0 Å². The minimum absolute atomic E-state index is 0.449. The summed E-state index contributed by atoms with van der Waals surface area (Å²) < 4.78 is 7.55. The van der Waals surface area contributed by atoms with E-state index in [0.717, 1.165) is 56.9 Å². The Labute approximate surface area is 186 Å². The van der Waals surface area contributed by atoms with E-state index in [-0.39, 0.29) is 0 Å². The average molecular weight is 428 g/mol. The number of morpholine rings is 1. The van der Waals surface area contributed by atoms with Gasteiger partial charge in [-0.25, -0.2) is 4.99 Å². The molecule has 0 saturated carbocycles. The molecule has 0 amide bonds. The number of hydrogen-bond donors (Lipinski definition) is 2. The number of aliphatic imine (C=N–C) groups is 1. The molecule has 170 valence electrons. The molecule has 0 radical (unpaired) electrons. The Kier molecular flexibility index (Phi) is 8.85. The Hall–Kier alpha value is -2.45. The Morgan fingerprint density at radius 3 is 2.52 bits per heavy atom. The summed E-state index contributed by atoms with van der Waals surface area (Å²) >= 11 is 0. The minimum atomic E-state index is 0.449. The predicted molar refractivity (Wildman–Crippen MR) is 124 cm³/mol. The molecule has 0 spiro atoms. The zero-order valence-electron chi connectivity index (χ0n) is 19.3. The van der Waals surface area contributed by atoms with E-state index in [4.69, 9.17) is 9.73 Å². The second-order valence-corrected chi connectivity index (χ2v) is 8.54. The van der Waals surface area contributed by atoms with E-state index in [1.807, 2.05) is 36.7 Å². The molecule has 0 bridgehead atoms. The molecule has 3 rings (SSSR count). The number of benzene rings is 1. The lowest BCUT2D eigenvalue weighted by atomic mass is 10.0. The highest BCUT2D eigenvalue weighted by molar-refractivity contribution is 5.79. The lowest BCUT2D eigenvalue weighted by Gasteiger charge is -2.35. The Balaban J connectivity index is 1.66. The third-order valence-electron chi connectivity index (χ3n) is 5.67. The van der Waals surface area contributed by atoms with E-state index in [9.17, 15) is 0 Å². The van der Waals surface area contributed by atoms with Gasteiger partial charge in [0.05, 0.1) is 26.3 Å². The highest BCUT2D eigenvalue weighted by atomic mass is 16.5. The Morgan fingerprint density at radius 1 is 1.13 bits per heavy atom. The molecule has 1 atom stereocenters. The average Bonchev–Trinajstić information content (AvgIpc) is 3.11. The summed E-state index contributed by atoms with van der Waals surface area (Å²) in [5.74, 6) is 3.22. The van der Waals surface area contributed by atoms with Gasteiger partial charge in [-0.05, 0) is 24.8 Å². The van der Waals surface area contributed by atoms with Gasteiger partial charge in [-0.3, -0.25) is 4.90 Å². The van der Waals surface area contributed by atoms with Crippen molar-refractivity contribution in [2.75, 3.05) is 32.8 Å². The molecule has 8 nitrogen and oxygen atoms in total. The van der Waals surface area contributed by atoms with Crippen molar-refractivity contribution in [2.45, 2.75) is 46.3 Å². The summed E-state index contributed by atoms with van der Waals surface area (Å²) in [6.45, 7) is 12.2. The molecule has 1 unspecified atom stereocenters. The van der Waals surface area contributed by atoms with Gasteiger partial charge in [0.25, 0.3) is 0 Å². The number of nitrogens with zero attached hydrogens (tertiary/aromatic N) is 5. The van der Waals surface area contributed by atoms with Crippen LogP contribution in [0.3, 0.4) is 0 Å². The van der Waals surface area contributed by atoms with Crippen molar-refractivity contribution >= 4 is 5.96 Å². The second-order valence-electron chi connectivity index (χ2n) is 8.54. The highest BCUT2D eigenvalue weighted by Gasteiger charge is 2.22. The van der Waals surface area contributed by atoms with Gasteiger partial charge < -0.3 is 19.9 Å². The van der Waals surface area contributed by atoms with Crippen LogP contribution in [0.5, 0.6) is 0 Å². The van der Waals surface area contributed by atoms with E-state index in [0.29, 0.717) is 25.0 Å². The highest BCUT2D eigenvalue weighted by Crippen LogP contribution is 2.13. The van der Waals surface area contributed by atoms with E-state index in [2.05, 4.69) is 51.7 Å². The van der Waals surface area contributed by atoms with Crippen LogP contribution < -0.4 is 10.6 Å². The molecule has 0 aliphatic carbocycles. The molecule has 2 heterocycles. The maximum absolute atomic E-state index is 5.56. The van der Waals surface area contributed by atoms with Gasteiger partial charge in [-0.1, -0.05) is 44.2 Å². The molecular weight excluding hydrogens is 390 g/mol. The Bertz CT molecular complexity index is 813. The zero-order valence-corrected chi connectivity index (χ0v) is 19.3. The lowest BCUT2D eigenvalue weighted by molar-refractivity contribution is 0.0132. The Morgan fingerprint density at radius 2 is 1.87 bits per heavy atom. The first-order valence-corrected chi connectivity index (χ1v) is 11.3.